The normalized spacial score (nSPS) is 11.6. The summed E-state index contributed by atoms with van der Waals surface area (Å²) in [5.74, 6) is -1.75. The van der Waals surface area contributed by atoms with Crippen molar-refractivity contribution in [2.75, 3.05) is 26.7 Å². The number of amides is 1. The number of rotatable bonds is 24. The van der Waals surface area contributed by atoms with Crippen molar-refractivity contribution in [3.8, 4) is 0 Å². The van der Waals surface area contributed by atoms with E-state index >= 15 is 0 Å². The fourth-order valence-electron chi connectivity index (χ4n) is 3.71. The summed E-state index contributed by atoms with van der Waals surface area (Å²) < 4.78 is 10.5. The topological polar surface area (TPSA) is 137 Å². The molecule has 9 nitrogen and oxygen atoms in total. The molecule has 0 aromatic rings. The van der Waals surface area contributed by atoms with Gasteiger partial charge in [-0.25, -0.2) is 0 Å². The Labute approximate surface area is 245 Å². The molecule has 9 heteroatoms. The lowest BCUT2D eigenvalue weighted by Crippen LogP contribution is -2.47. The second kappa shape index (κ2) is 35.0. The first-order valence-corrected chi connectivity index (χ1v) is 15.9. The van der Waals surface area contributed by atoms with Gasteiger partial charge in [0.1, 0.15) is 0 Å². The van der Waals surface area contributed by atoms with Crippen LogP contribution in [0, 0.1) is 0 Å². The predicted octanol–water partition coefficient (Wildman–Crippen LogP) is 5.62. The number of unbranched alkanes of at least 4 members (excludes halogenated alkanes) is 12. The molecule has 0 heterocycles. The van der Waals surface area contributed by atoms with Crippen molar-refractivity contribution >= 4 is 24.1 Å². The number of hydrogen-bond acceptors (Lipinski definition) is 8. The molecule has 2 unspecified atom stereocenters. The molecule has 0 saturated carbocycles. The predicted molar refractivity (Wildman–Crippen MR) is 164 cm³/mol. The van der Waals surface area contributed by atoms with Crippen molar-refractivity contribution in [3.05, 3.63) is 0 Å². The molecule has 0 fully saturated rings. The molecule has 4 N–H and O–H groups in total. The van der Waals surface area contributed by atoms with Crippen LogP contribution in [0.1, 0.15) is 137 Å². The second-order valence-corrected chi connectivity index (χ2v) is 9.53. The number of nitrogens with two attached hydrogens (primary N) is 1. The zero-order valence-corrected chi connectivity index (χ0v) is 26.7. The van der Waals surface area contributed by atoms with E-state index in [1.807, 2.05) is 20.9 Å². The van der Waals surface area contributed by atoms with Gasteiger partial charge in [-0.2, -0.15) is 0 Å². The van der Waals surface area contributed by atoms with E-state index in [0.717, 1.165) is 51.6 Å². The van der Waals surface area contributed by atoms with Crippen molar-refractivity contribution in [1.29, 1.82) is 0 Å². The zero-order chi connectivity index (χ0) is 30.9. The van der Waals surface area contributed by atoms with Crippen molar-refractivity contribution < 1.29 is 28.7 Å². The highest BCUT2D eigenvalue weighted by Crippen LogP contribution is 2.13. The van der Waals surface area contributed by atoms with Crippen molar-refractivity contribution in [3.63, 3.8) is 0 Å². The van der Waals surface area contributed by atoms with Crippen LogP contribution in [0.25, 0.3) is 0 Å². The maximum atomic E-state index is 12.4. The first-order chi connectivity index (χ1) is 19.4. The van der Waals surface area contributed by atoms with E-state index in [4.69, 9.17) is 15.2 Å². The summed E-state index contributed by atoms with van der Waals surface area (Å²) in [6.07, 6.45) is 12.6. The van der Waals surface area contributed by atoms with Crippen LogP contribution >= 0.6 is 0 Å². The third-order valence-electron chi connectivity index (χ3n) is 5.93. The van der Waals surface area contributed by atoms with Gasteiger partial charge in [-0.3, -0.25) is 19.2 Å². The van der Waals surface area contributed by atoms with Crippen LogP contribution in [0.2, 0.25) is 0 Å². The van der Waals surface area contributed by atoms with E-state index in [9.17, 15) is 19.2 Å². The third kappa shape index (κ3) is 29.0. The van der Waals surface area contributed by atoms with E-state index in [-0.39, 0.29) is 12.8 Å². The third-order valence-corrected chi connectivity index (χ3v) is 5.93. The zero-order valence-electron chi connectivity index (χ0n) is 26.7. The van der Waals surface area contributed by atoms with Crippen LogP contribution in [0.3, 0.4) is 0 Å². The molecular weight excluding hydrogens is 510 g/mol. The molecule has 0 aromatic carbocycles. The molecule has 0 saturated heterocycles. The molecule has 0 rings (SSSR count). The van der Waals surface area contributed by atoms with E-state index in [1.54, 1.807) is 6.92 Å². The number of nitrogens with one attached hydrogen (secondary N) is 2. The van der Waals surface area contributed by atoms with Gasteiger partial charge >= 0.3 is 11.9 Å². The van der Waals surface area contributed by atoms with Gasteiger partial charge in [-0.15, -0.1) is 0 Å². The van der Waals surface area contributed by atoms with Crippen LogP contribution < -0.4 is 16.4 Å². The lowest BCUT2D eigenvalue weighted by atomic mass is 10.1. The van der Waals surface area contributed by atoms with Gasteiger partial charge in [0.25, 0.3) is 5.91 Å². The molecule has 0 aliphatic carbocycles. The van der Waals surface area contributed by atoms with Gasteiger partial charge in [0.05, 0.1) is 0 Å². The number of likely N-dealkylation sites (N-methyl/N-ethyl adjacent to an activating group) is 2. The summed E-state index contributed by atoms with van der Waals surface area (Å²) >= 11 is 0. The Morgan fingerprint density at radius 1 is 0.725 bits per heavy atom. The van der Waals surface area contributed by atoms with Gasteiger partial charge in [-0.1, -0.05) is 105 Å². The lowest BCUT2D eigenvalue weighted by molar-refractivity contribution is -0.173. The summed E-state index contributed by atoms with van der Waals surface area (Å²) in [6.45, 7) is 12.0. The quantitative estimate of drug-likeness (QED) is 0.0769. The van der Waals surface area contributed by atoms with Crippen LogP contribution in [0.4, 0.5) is 0 Å². The minimum atomic E-state index is -1.46. The fraction of sp³-hybridized carbons (Fsp3) is 0.871. The summed E-state index contributed by atoms with van der Waals surface area (Å²) in [5.41, 5.74) is 5.08. The molecular formula is C31H63N3O6. The average molecular weight is 574 g/mol. The minimum Gasteiger partial charge on any atom is -0.450 e. The SMILES string of the molecule is CC.CCCCCCCCCC(=O)OC(C=O)C(OC(=O)CCCCCCCCC)C(=O)NCC.CNCCN. The highest BCUT2D eigenvalue weighted by atomic mass is 16.6. The van der Waals surface area contributed by atoms with Crippen molar-refractivity contribution in [2.24, 2.45) is 5.73 Å². The number of aldehydes is 1. The van der Waals surface area contributed by atoms with Crippen molar-refractivity contribution in [2.45, 2.75) is 150 Å². The number of hydrogen-bond donors (Lipinski definition) is 3. The summed E-state index contributed by atoms with van der Waals surface area (Å²) in [4.78, 5) is 48.4. The summed E-state index contributed by atoms with van der Waals surface area (Å²) in [6, 6.07) is 0. The Hall–Kier alpha value is -2.00. The molecule has 2 atom stereocenters. The minimum absolute atomic E-state index is 0.168. The first kappa shape index (κ1) is 42.5. The van der Waals surface area contributed by atoms with Crippen LogP contribution in [0.15, 0.2) is 0 Å². The Balaban J connectivity index is -0.00000174. The second-order valence-electron chi connectivity index (χ2n) is 9.53. The van der Waals surface area contributed by atoms with Crippen LogP contribution in [0.5, 0.6) is 0 Å². The van der Waals surface area contributed by atoms with Crippen molar-refractivity contribution in [1.82, 2.24) is 10.6 Å². The van der Waals surface area contributed by atoms with E-state index < -0.39 is 30.1 Å². The Morgan fingerprint density at radius 2 is 1.15 bits per heavy atom. The number of ether oxygens (including phenoxy) is 2. The molecule has 0 aliphatic rings. The molecule has 238 valence electrons. The van der Waals surface area contributed by atoms with Gasteiger partial charge in [0.2, 0.25) is 12.2 Å². The fourth-order valence-corrected chi connectivity index (χ4v) is 3.71. The number of carbonyl (C=O) groups is 4. The number of esters is 2. The average Bonchev–Trinajstić information content (AvgIpc) is 2.95. The standard InChI is InChI=1S/C26H47NO6.C3H10N2.C2H6/c1-4-7-9-11-13-15-17-19-23(29)32-22(21-28)25(26(31)27-6-3)33-24(30)20-18-16-14-12-10-8-5-2;1-5-3-2-4;1-2/h21-22,25H,4-20H2,1-3H3,(H,27,31);5H,2-4H2,1H3;1-2H3. The molecule has 0 radical (unpaired) electrons. The van der Waals surface area contributed by atoms with E-state index in [2.05, 4.69) is 24.5 Å². The van der Waals surface area contributed by atoms with Gasteiger partial charge in [0, 0.05) is 32.5 Å². The van der Waals surface area contributed by atoms with E-state index in [1.165, 1.54) is 38.5 Å². The molecule has 0 spiro atoms. The van der Waals surface area contributed by atoms with Crippen LogP contribution in [-0.2, 0) is 28.7 Å². The molecule has 1 amide bonds. The Morgan fingerprint density at radius 3 is 1.50 bits per heavy atom. The molecule has 0 bridgehead atoms. The molecule has 0 aromatic heterocycles. The lowest BCUT2D eigenvalue weighted by Gasteiger charge is -2.22. The van der Waals surface area contributed by atoms with Gasteiger partial charge < -0.3 is 25.8 Å². The highest BCUT2D eigenvalue weighted by Gasteiger charge is 2.34. The highest BCUT2D eigenvalue weighted by molar-refractivity contribution is 5.88. The molecule has 0 aliphatic heterocycles. The van der Waals surface area contributed by atoms with Gasteiger partial charge in [0.15, 0.2) is 6.29 Å². The number of carbonyl (C=O) groups excluding carboxylic acids is 4. The maximum absolute atomic E-state index is 12.4. The first-order valence-electron chi connectivity index (χ1n) is 15.9. The Kier molecular flexibility index (Phi) is 37.2. The maximum Gasteiger partial charge on any atom is 0.306 e. The Bertz CT molecular complexity index is 587. The largest absolute Gasteiger partial charge is 0.450 e. The van der Waals surface area contributed by atoms with Crippen LogP contribution in [-0.4, -0.2) is 63.0 Å². The van der Waals surface area contributed by atoms with E-state index in [0.29, 0.717) is 25.7 Å². The smallest absolute Gasteiger partial charge is 0.306 e. The molecule has 40 heavy (non-hydrogen) atoms. The summed E-state index contributed by atoms with van der Waals surface area (Å²) in [5, 5.41) is 5.44. The monoisotopic (exact) mass is 573 g/mol. The summed E-state index contributed by atoms with van der Waals surface area (Å²) in [7, 11) is 1.88. The van der Waals surface area contributed by atoms with Gasteiger partial charge in [-0.05, 0) is 26.8 Å².